The molecule has 0 aromatic heterocycles. The Kier molecular flexibility index (Phi) is 10.5. The van der Waals surface area contributed by atoms with Crippen LogP contribution in [0.25, 0.3) is 0 Å². The van der Waals surface area contributed by atoms with Crippen molar-refractivity contribution in [1.82, 2.24) is 10.6 Å². The molecular formula is C30H30N4O14. The number of ether oxygens (including phenoxy) is 4. The summed E-state index contributed by atoms with van der Waals surface area (Å²) in [6.45, 7) is -0.575. The first-order valence-electron chi connectivity index (χ1n) is 14.4. The average Bonchev–Trinajstić information content (AvgIpc) is 3.51. The van der Waals surface area contributed by atoms with Gasteiger partial charge in [-0.05, 0) is 36.4 Å². The molecule has 18 heteroatoms. The fourth-order valence-electron chi connectivity index (χ4n) is 5.09. The van der Waals surface area contributed by atoms with E-state index in [0.717, 1.165) is 19.4 Å². The maximum absolute atomic E-state index is 12.1. The summed E-state index contributed by atoms with van der Waals surface area (Å²) in [5, 5.41) is 56.2. The molecule has 2 aromatic carbocycles. The number of aliphatic hydroxyl groups is 5. The Bertz CT molecular complexity index is 1680. The van der Waals surface area contributed by atoms with E-state index in [1.54, 1.807) is 0 Å². The van der Waals surface area contributed by atoms with E-state index in [2.05, 4.69) is 20.6 Å². The summed E-state index contributed by atoms with van der Waals surface area (Å²) in [6, 6.07) is 8.19. The number of carbonyl (C=O) groups excluding carboxylic acids is 5. The van der Waals surface area contributed by atoms with Gasteiger partial charge in [-0.25, -0.2) is 0 Å². The molecule has 0 spiro atoms. The molecular weight excluding hydrogens is 640 g/mol. The molecule has 4 amide bonds. The number of amides is 4. The second-order valence-corrected chi connectivity index (χ2v) is 10.7. The van der Waals surface area contributed by atoms with Crippen molar-refractivity contribution in [3.63, 3.8) is 0 Å². The van der Waals surface area contributed by atoms with E-state index in [4.69, 9.17) is 18.9 Å². The Morgan fingerprint density at radius 2 is 1.42 bits per heavy atom. The number of aliphatic imine (C=N–C) groups is 2. The van der Waals surface area contributed by atoms with E-state index >= 15 is 0 Å². The summed E-state index contributed by atoms with van der Waals surface area (Å²) >= 11 is 0. The van der Waals surface area contributed by atoms with E-state index in [9.17, 15) is 49.5 Å². The number of benzene rings is 2. The van der Waals surface area contributed by atoms with Crippen LogP contribution in [0.1, 0.15) is 48.4 Å². The highest BCUT2D eigenvalue weighted by atomic mass is 16.7. The molecule has 1 saturated heterocycles. The zero-order chi connectivity index (χ0) is 34.7. The fraction of sp³-hybridized carbons (Fsp3) is 0.367. The van der Waals surface area contributed by atoms with E-state index < -0.39 is 92.0 Å². The minimum Gasteiger partial charge on any atom is -0.457 e. The average molecular weight is 671 g/mol. The maximum atomic E-state index is 12.1. The van der Waals surface area contributed by atoms with Crippen molar-refractivity contribution in [2.45, 2.75) is 56.1 Å². The Hall–Kier alpha value is -4.79. The van der Waals surface area contributed by atoms with Gasteiger partial charge in [-0.2, -0.15) is 0 Å². The van der Waals surface area contributed by atoms with Gasteiger partial charge >= 0.3 is 5.97 Å². The minimum atomic E-state index is -1.83. The fourth-order valence-corrected chi connectivity index (χ4v) is 5.09. The van der Waals surface area contributed by atoms with E-state index in [0.29, 0.717) is 0 Å². The molecule has 18 nitrogen and oxygen atoms in total. The van der Waals surface area contributed by atoms with Crippen LogP contribution in [0, 0.1) is 0 Å². The molecule has 0 bridgehead atoms. The second-order valence-electron chi connectivity index (χ2n) is 10.7. The molecule has 3 aliphatic heterocycles. The van der Waals surface area contributed by atoms with Gasteiger partial charge in [0, 0.05) is 13.1 Å². The SMILES string of the molecule is CC(=O)O[C@H]1[C@@H](O)[C@@H](CO)O[C@@H](O[C@H](C=Nc2ccc3c(c2)C(=O)NC3=O)[C@@H](CO)O[C@H](O)C=Nc2ccc3c(c2)C(=O)NC3=O)[C@@H]1O. The number of hydrogen-bond donors (Lipinski definition) is 7. The summed E-state index contributed by atoms with van der Waals surface area (Å²) in [5.74, 6) is -3.26. The first-order chi connectivity index (χ1) is 22.9. The van der Waals surface area contributed by atoms with Gasteiger partial charge in [-0.3, -0.25) is 44.6 Å². The lowest BCUT2D eigenvalue weighted by Crippen LogP contribution is -2.61. The second kappa shape index (κ2) is 14.5. The standard InChI is InChI=1S/C30H30N4O14/c1-12(37)45-25-23(39)21(11-36)48-30(24(25)40)47-19(8-31-13-2-4-15-17(6-13)28(43)33-26(15)41)20(10-35)46-22(38)9-32-14-3-5-16-18(7-14)29(44)34-27(16)42/h2-9,19-25,30,35-36,38-40H,10-11H2,1H3,(H,33,41,43)(H,34,42,44)/t19-,20-,21-,22+,23+,24-,25+,30-/m1/s1. The molecule has 5 rings (SSSR count). The van der Waals surface area contributed by atoms with Gasteiger partial charge in [0.1, 0.15) is 30.5 Å². The Morgan fingerprint density at radius 1 is 0.875 bits per heavy atom. The van der Waals surface area contributed by atoms with Crippen LogP contribution in [0.5, 0.6) is 0 Å². The topological polar surface area (TPSA) is 272 Å². The van der Waals surface area contributed by atoms with Crippen molar-refractivity contribution in [3.05, 3.63) is 58.7 Å². The van der Waals surface area contributed by atoms with Crippen molar-refractivity contribution in [1.29, 1.82) is 0 Å². The van der Waals surface area contributed by atoms with Crippen LogP contribution in [-0.4, -0.2) is 130 Å². The molecule has 3 heterocycles. The lowest BCUT2D eigenvalue weighted by atomic mass is 9.99. The Morgan fingerprint density at radius 3 is 1.94 bits per heavy atom. The highest BCUT2D eigenvalue weighted by Crippen LogP contribution is 2.28. The molecule has 1 fully saturated rings. The van der Waals surface area contributed by atoms with Crippen molar-refractivity contribution >= 4 is 53.4 Å². The zero-order valence-electron chi connectivity index (χ0n) is 25.0. The van der Waals surface area contributed by atoms with Gasteiger partial charge in [-0.15, -0.1) is 0 Å². The van der Waals surface area contributed by atoms with Crippen LogP contribution < -0.4 is 10.6 Å². The zero-order valence-corrected chi connectivity index (χ0v) is 25.0. The van der Waals surface area contributed by atoms with Crippen LogP contribution in [0.15, 0.2) is 46.4 Å². The van der Waals surface area contributed by atoms with Gasteiger partial charge in [-0.1, -0.05) is 0 Å². The molecule has 0 unspecified atom stereocenters. The quantitative estimate of drug-likeness (QED) is 0.0558. The number of fused-ring (bicyclic) bond motifs is 2. The lowest BCUT2D eigenvalue weighted by Gasteiger charge is -2.42. The Balaban J connectivity index is 1.39. The molecule has 8 atom stereocenters. The summed E-state index contributed by atoms with van der Waals surface area (Å²) in [4.78, 5) is 67.7. The highest BCUT2D eigenvalue weighted by molar-refractivity contribution is 6.22. The van der Waals surface area contributed by atoms with E-state index in [1.165, 1.54) is 36.4 Å². The van der Waals surface area contributed by atoms with Crippen molar-refractivity contribution < 1.29 is 68.5 Å². The molecule has 0 saturated carbocycles. The summed E-state index contributed by atoms with van der Waals surface area (Å²) in [6.07, 6.45) is -11.0. The molecule has 48 heavy (non-hydrogen) atoms. The summed E-state index contributed by atoms with van der Waals surface area (Å²) in [5.41, 5.74) is 0.754. The molecule has 3 aliphatic rings. The van der Waals surface area contributed by atoms with Crippen LogP contribution in [0.3, 0.4) is 0 Å². The number of carbonyl (C=O) groups is 5. The molecule has 254 valence electrons. The van der Waals surface area contributed by atoms with Crippen LogP contribution >= 0.6 is 0 Å². The van der Waals surface area contributed by atoms with Crippen LogP contribution in [0.4, 0.5) is 11.4 Å². The van der Waals surface area contributed by atoms with E-state index in [1.807, 2.05) is 0 Å². The molecule has 0 radical (unpaired) electrons. The summed E-state index contributed by atoms with van der Waals surface area (Å²) in [7, 11) is 0. The number of nitrogens with zero attached hydrogens (tertiary/aromatic N) is 2. The lowest BCUT2D eigenvalue weighted by molar-refractivity contribution is -0.315. The van der Waals surface area contributed by atoms with Gasteiger partial charge in [0.25, 0.3) is 23.6 Å². The number of imide groups is 2. The Labute approximate surface area is 270 Å². The predicted octanol–water partition coefficient (Wildman–Crippen LogP) is -1.99. The maximum Gasteiger partial charge on any atom is 0.303 e. The third-order valence-corrected chi connectivity index (χ3v) is 7.44. The number of esters is 1. The highest BCUT2D eigenvalue weighted by Gasteiger charge is 2.48. The van der Waals surface area contributed by atoms with Crippen molar-refractivity contribution in [2.75, 3.05) is 13.2 Å². The summed E-state index contributed by atoms with van der Waals surface area (Å²) < 4.78 is 21.9. The third kappa shape index (κ3) is 7.35. The van der Waals surface area contributed by atoms with Crippen molar-refractivity contribution in [2.24, 2.45) is 9.98 Å². The molecule has 0 aliphatic carbocycles. The van der Waals surface area contributed by atoms with Gasteiger partial charge in [0.15, 0.2) is 18.7 Å². The smallest absolute Gasteiger partial charge is 0.303 e. The van der Waals surface area contributed by atoms with E-state index in [-0.39, 0.29) is 33.6 Å². The first kappa shape index (κ1) is 34.5. The first-order valence-corrected chi connectivity index (χ1v) is 14.4. The number of aliphatic hydroxyl groups excluding tert-OH is 5. The third-order valence-electron chi connectivity index (χ3n) is 7.44. The van der Waals surface area contributed by atoms with Crippen LogP contribution in [-0.2, 0) is 23.7 Å². The van der Waals surface area contributed by atoms with Gasteiger partial charge in [0.05, 0.1) is 53.1 Å². The number of rotatable bonds is 12. The number of nitrogens with one attached hydrogen (secondary N) is 2. The van der Waals surface area contributed by atoms with Gasteiger partial charge < -0.3 is 44.5 Å². The van der Waals surface area contributed by atoms with Crippen LogP contribution in [0.2, 0.25) is 0 Å². The number of hydrogen-bond acceptors (Lipinski definition) is 16. The van der Waals surface area contributed by atoms with Crippen molar-refractivity contribution in [3.8, 4) is 0 Å². The minimum absolute atomic E-state index is 0.0529. The van der Waals surface area contributed by atoms with Gasteiger partial charge in [0.2, 0.25) is 0 Å². The monoisotopic (exact) mass is 670 g/mol. The molecule has 2 aromatic rings. The normalized spacial score (nSPS) is 25.5. The molecule has 7 N–H and O–H groups in total. The predicted molar refractivity (Wildman–Crippen MR) is 159 cm³/mol. The largest absolute Gasteiger partial charge is 0.457 e.